The van der Waals surface area contributed by atoms with Gasteiger partial charge in [-0.1, -0.05) is 6.07 Å². The average molecular weight is 359 g/mol. The number of imide groups is 1. The highest BCUT2D eigenvalue weighted by Crippen LogP contribution is 2.24. The molecule has 1 aromatic carbocycles. The molecule has 2 aliphatic rings. The lowest BCUT2D eigenvalue weighted by molar-refractivity contribution is -0.143. The van der Waals surface area contributed by atoms with E-state index >= 15 is 0 Å². The molecule has 26 heavy (non-hydrogen) atoms. The summed E-state index contributed by atoms with van der Waals surface area (Å²) in [7, 11) is 1.20. The number of rotatable bonds is 4. The maximum atomic E-state index is 12.3. The van der Waals surface area contributed by atoms with Crippen molar-refractivity contribution in [2.24, 2.45) is 0 Å². The Hall–Kier alpha value is -2.87. The Morgan fingerprint density at radius 3 is 2.69 bits per heavy atom. The molecule has 1 aromatic rings. The van der Waals surface area contributed by atoms with Gasteiger partial charge in [-0.05, 0) is 36.3 Å². The van der Waals surface area contributed by atoms with Crippen molar-refractivity contribution in [3.63, 3.8) is 0 Å². The molecule has 8 nitrogen and oxygen atoms in total. The van der Waals surface area contributed by atoms with E-state index in [1.54, 1.807) is 6.08 Å². The number of aryl methyl sites for hydroxylation is 1. The summed E-state index contributed by atoms with van der Waals surface area (Å²) in [4.78, 5) is 38.6. The van der Waals surface area contributed by atoms with Gasteiger partial charge in [0.1, 0.15) is 12.2 Å². The fourth-order valence-electron chi connectivity index (χ4n) is 3.00. The maximum Gasteiger partial charge on any atom is 0.329 e. The van der Waals surface area contributed by atoms with Gasteiger partial charge in [0.05, 0.1) is 20.3 Å². The van der Waals surface area contributed by atoms with E-state index in [-0.39, 0.29) is 5.70 Å². The van der Waals surface area contributed by atoms with Gasteiger partial charge in [-0.25, -0.2) is 9.69 Å². The summed E-state index contributed by atoms with van der Waals surface area (Å²) >= 11 is 0. The molecule has 1 N–H and O–H groups in total. The third kappa shape index (κ3) is 3.70. The number of carbonyl (C=O) groups is 3. The maximum absolute atomic E-state index is 12.3. The standard InChI is InChI=1S/C18H21N3O5/c1-12-9-13(3-4-15(12)20-5-7-26-8-6-20)10-14-17(23)21(18(24)19-14)11-16(22)25-2/h3-4,9-10H,5-8,11H2,1-2H3,(H,19,24). The second-order valence-corrected chi connectivity index (χ2v) is 6.10. The molecule has 0 aliphatic carbocycles. The fraction of sp³-hybridized carbons (Fsp3) is 0.389. The summed E-state index contributed by atoms with van der Waals surface area (Å²) in [5.41, 5.74) is 3.13. The number of urea groups is 1. The monoisotopic (exact) mass is 359 g/mol. The van der Waals surface area contributed by atoms with E-state index in [2.05, 4.69) is 15.0 Å². The number of morpholine rings is 1. The Morgan fingerprint density at radius 2 is 2.04 bits per heavy atom. The lowest BCUT2D eigenvalue weighted by Gasteiger charge is -2.30. The molecular formula is C18H21N3O5. The van der Waals surface area contributed by atoms with Crippen molar-refractivity contribution in [1.82, 2.24) is 10.2 Å². The zero-order valence-corrected chi connectivity index (χ0v) is 14.8. The summed E-state index contributed by atoms with van der Waals surface area (Å²) in [6.45, 7) is 4.71. The van der Waals surface area contributed by atoms with E-state index < -0.39 is 24.5 Å². The molecule has 0 atom stereocenters. The van der Waals surface area contributed by atoms with Crippen molar-refractivity contribution in [2.75, 3.05) is 44.9 Å². The number of ether oxygens (including phenoxy) is 2. The summed E-state index contributed by atoms with van der Waals surface area (Å²) in [6.07, 6.45) is 1.60. The molecular weight excluding hydrogens is 338 g/mol. The summed E-state index contributed by atoms with van der Waals surface area (Å²) in [5, 5.41) is 2.49. The van der Waals surface area contributed by atoms with Crippen LogP contribution in [0.2, 0.25) is 0 Å². The van der Waals surface area contributed by atoms with Crippen molar-refractivity contribution in [3.8, 4) is 0 Å². The van der Waals surface area contributed by atoms with E-state index in [0.29, 0.717) is 13.2 Å². The number of hydrogen-bond acceptors (Lipinski definition) is 6. The zero-order chi connectivity index (χ0) is 18.7. The number of esters is 1. The zero-order valence-electron chi connectivity index (χ0n) is 14.8. The number of anilines is 1. The third-order valence-electron chi connectivity index (χ3n) is 4.36. The molecule has 0 spiro atoms. The minimum Gasteiger partial charge on any atom is -0.468 e. The second-order valence-electron chi connectivity index (χ2n) is 6.10. The van der Waals surface area contributed by atoms with E-state index in [9.17, 15) is 14.4 Å². The highest BCUT2D eigenvalue weighted by Gasteiger charge is 2.35. The molecule has 3 rings (SSSR count). The van der Waals surface area contributed by atoms with Gasteiger partial charge >= 0.3 is 12.0 Å². The van der Waals surface area contributed by atoms with Crippen molar-refractivity contribution < 1.29 is 23.9 Å². The number of carbonyl (C=O) groups excluding carboxylic acids is 3. The van der Waals surface area contributed by atoms with E-state index in [4.69, 9.17) is 4.74 Å². The fourth-order valence-corrected chi connectivity index (χ4v) is 3.00. The molecule has 2 aliphatic heterocycles. The quantitative estimate of drug-likeness (QED) is 0.488. The largest absolute Gasteiger partial charge is 0.468 e. The predicted molar refractivity (Wildman–Crippen MR) is 94.4 cm³/mol. The van der Waals surface area contributed by atoms with Crippen molar-refractivity contribution in [3.05, 3.63) is 35.0 Å². The number of nitrogens with zero attached hydrogens (tertiary/aromatic N) is 2. The molecule has 0 saturated carbocycles. The van der Waals surface area contributed by atoms with Crippen LogP contribution in [0.3, 0.4) is 0 Å². The molecule has 0 unspecified atom stereocenters. The molecule has 2 fully saturated rings. The first-order valence-corrected chi connectivity index (χ1v) is 8.34. The summed E-state index contributed by atoms with van der Waals surface area (Å²) < 4.78 is 9.88. The number of hydrogen-bond donors (Lipinski definition) is 1. The summed E-state index contributed by atoms with van der Waals surface area (Å²) in [5.74, 6) is -1.20. The second kappa shape index (κ2) is 7.57. The summed E-state index contributed by atoms with van der Waals surface area (Å²) in [6, 6.07) is 5.22. The molecule has 0 aromatic heterocycles. The molecule has 138 valence electrons. The molecule has 0 bridgehead atoms. The van der Waals surface area contributed by atoms with Gasteiger partial charge in [0, 0.05) is 18.8 Å². The Bertz CT molecular complexity index is 768. The Labute approximate surface area is 151 Å². The number of methoxy groups -OCH3 is 1. The predicted octanol–water partition coefficient (Wildman–Crippen LogP) is 0.897. The van der Waals surface area contributed by atoms with Gasteiger partial charge < -0.3 is 19.7 Å². The van der Waals surface area contributed by atoms with Crippen LogP contribution in [0.15, 0.2) is 23.9 Å². The minimum atomic E-state index is -0.652. The lowest BCUT2D eigenvalue weighted by atomic mass is 10.1. The highest BCUT2D eigenvalue weighted by atomic mass is 16.5. The van der Waals surface area contributed by atoms with Crippen LogP contribution in [0.25, 0.3) is 6.08 Å². The van der Waals surface area contributed by atoms with Gasteiger partial charge in [0.15, 0.2) is 0 Å². The molecule has 8 heteroatoms. The van der Waals surface area contributed by atoms with Crippen LogP contribution in [-0.2, 0) is 19.1 Å². The van der Waals surface area contributed by atoms with Gasteiger partial charge in [-0.2, -0.15) is 0 Å². The van der Waals surface area contributed by atoms with Crippen molar-refractivity contribution in [1.29, 1.82) is 0 Å². The smallest absolute Gasteiger partial charge is 0.329 e. The average Bonchev–Trinajstić information content (AvgIpc) is 2.90. The van der Waals surface area contributed by atoms with Gasteiger partial charge in [-0.15, -0.1) is 0 Å². The van der Waals surface area contributed by atoms with Crippen LogP contribution in [0.5, 0.6) is 0 Å². The van der Waals surface area contributed by atoms with Gasteiger partial charge in [0.25, 0.3) is 5.91 Å². The number of benzene rings is 1. The first-order chi connectivity index (χ1) is 12.5. The Balaban J connectivity index is 1.77. The van der Waals surface area contributed by atoms with Gasteiger partial charge in [-0.3, -0.25) is 9.59 Å². The van der Waals surface area contributed by atoms with Crippen molar-refractivity contribution in [2.45, 2.75) is 6.92 Å². The highest BCUT2D eigenvalue weighted by molar-refractivity contribution is 6.15. The topological polar surface area (TPSA) is 88.2 Å². The molecule has 3 amide bonds. The first kappa shape index (κ1) is 17.9. The Morgan fingerprint density at radius 1 is 1.31 bits per heavy atom. The number of nitrogens with one attached hydrogen (secondary N) is 1. The van der Waals surface area contributed by atoms with Crippen LogP contribution >= 0.6 is 0 Å². The van der Waals surface area contributed by atoms with Crippen molar-refractivity contribution >= 4 is 29.7 Å². The van der Waals surface area contributed by atoms with Gasteiger partial charge in [0.2, 0.25) is 0 Å². The molecule has 2 saturated heterocycles. The van der Waals surface area contributed by atoms with Crippen LogP contribution in [0.1, 0.15) is 11.1 Å². The molecule has 2 heterocycles. The SMILES string of the molecule is COC(=O)CN1C(=O)NC(=Cc2ccc(N3CCOCC3)c(C)c2)C1=O. The minimum absolute atomic E-state index is 0.137. The van der Waals surface area contributed by atoms with Crippen LogP contribution < -0.4 is 10.2 Å². The van der Waals surface area contributed by atoms with E-state index in [1.165, 1.54) is 7.11 Å². The normalized spacial score (nSPS) is 19.1. The first-order valence-electron chi connectivity index (χ1n) is 8.34. The van der Waals surface area contributed by atoms with E-state index in [0.717, 1.165) is 34.8 Å². The van der Waals surface area contributed by atoms with Crippen LogP contribution in [0, 0.1) is 6.92 Å². The van der Waals surface area contributed by atoms with Crippen LogP contribution in [-0.4, -0.2) is 62.8 Å². The van der Waals surface area contributed by atoms with E-state index in [1.807, 2.05) is 25.1 Å². The third-order valence-corrected chi connectivity index (χ3v) is 4.36. The number of amides is 3. The lowest BCUT2D eigenvalue weighted by Crippen LogP contribution is -2.36. The Kier molecular flexibility index (Phi) is 5.22. The van der Waals surface area contributed by atoms with Crippen LogP contribution in [0.4, 0.5) is 10.5 Å². The molecule has 0 radical (unpaired) electrons.